The number of esters is 1. The fourth-order valence-electron chi connectivity index (χ4n) is 6.65. The Labute approximate surface area is 290 Å². The first kappa shape index (κ1) is 38.2. The summed E-state index contributed by atoms with van der Waals surface area (Å²) in [6, 6.07) is 1.06. The summed E-state index contributed by atoms with van der Waals surface area (Å²) in [5.74, 6) is -7.99. The summed E-state index contributed by atoms with van der Waals surface area (Å²) in [5.41, 5.74) is -0.0929. The molecular formula is C37H47NO12. The molecule has 2 aromatic carbocycles. The van der Waals surface area contributed by atoms with Crippen molar-refractivity contribution < 1.29 is 58.9 Å². The molecule has 272 valence electrons. The van der Waals surface area contributed by atoms with E-state index in [4.69, 9.17) is 18.9 Å². The normalized spacial score (nSPS) is 33.2. The lowest BCUT2D eigenvalue weighted by atomic mass is 9.78. The summed E-state index contributed by atoms with van der Waals surface area (Å²) in [6.45, 7) is 12.5. The monoisotopic (exact) mass is 697 g/mol. The van der Waals surface area contributed by atoms with Crippen LogP contribution in [0.3, 0.4) is 0 Å². The Kier molecular flexibility index (Phi) is 11.2. The quantitative estimate of drug-likeness (QED) is 0.143. The zero-order valence-electron chi connectivity index (χ0n) is 29.7. The average Bonchev–Trinajstić information content (AvgIpc) is 3.33. The van der Waals surface area contributed by atoms with E-state index < -0.39 is 88.8 Å². The third kappa shape index (κ3) is 7.03. The third-order valence-electron chi connectivity index (χ3n) is 9.84. The molecule has 0 fully saturated rings. The standard InChI is InChI=1S/C37H47NO12/c1-16-11-10-12-17(2)36(46)38-23-15-24(40)26-27(32(23)44)31(43)21(6)34-28(26)35(45)37(8,50-34)48-14-13-25(47-9)18(3)33(49-22(7)39)20(5)30(42)19(4)29(16)41/h10-16,18-20,25,29-30,33,40-44H,1-9H3,(H,38,46)/b11-10+,14-13+,17-12-/t16-,18+,19+,20-,25-,29+,30-,33+,37-/m0/s1. The SMILES string of the molecule is CO[C@H]1/C=C/O[C@@]2(C)Oc3c(C)c(O)c4c(O)c(cc(O)c4c3C2=O)NC(=O)/C(C)=C\C=C\[C@H](C)[C@@H](O)[C@@H](C)[C@H](O)[C@H](C)[C@H](OC(C)=O)[C@@H]1C. The predicted octanol–water partition coefficient (Wildman–Crippen LogP) is 4.75. The van der Waals surface area contributed by atoms with Crippen LogP contribution in [0.5, 0.6) is 23.0 Å². The maximum absolute atomic E-state index is 13.9. The highest BCUT2D eigenvalue weighted by Crippen LogP contribution is 2.53. The Hall–Kier alpha value is -4.59. The number of aliphatic hydroxyl groups is 2. The minimum atomic E-state index is -1.98. The molecule has 5 rings (SSSR count). The molecule has 2 aromatic rings. The van der Waals surface area contributed by atoms with Gasteiger partial charge in [0.15, 0.2) is 5.75 Å². The molecule has 9 atom stereocenters. The molecule has 50 heavy (non-hydrogen) atoms. The maximum atomic E-state index is 13.9. The van der Waals surface area contributed by atoms with Gasteiger partial charge in [0.2, 0.25) is 0 Å². The lowest BCUT2D eigenvalue weighted by molar-refractivity contribution is -0.160. The number of aliphatic hydroxyl groups excluding tert-OH is 2. The van der Waals surface area contributed by atoms with Crippen LogP contribution in [0.4, 0.5) is 5.69 Å². The van der Waals surface area contributed by atoms with Gasteiger partial charge in [0.05, 0.1) is 41.2 Å². The molecule has 0 saturated carbocycles. The van der Waals surface area contributed by atoms with Crippen LogP contribution in [-0.2, 0) is 23.8 Å². The van der Waals surface area contributed by atoms with Crippen LogP contribution < -0.4 is 10.1 Å². The number of carbonyl (C=O) groups excluding carboxylic acids is 3. The summed E-state index contributed by atoms with van der Waals surface area (Å²) in [6.07, 6.45) is 3.62. The molecule has 0 aromatic heterocycles. The highest BCUT2D eigenvalue weighted by atomic mass is 16.7. The Morgan fingerprint density at radius 3 is 2.22 bits per heavy atom. The second kappa shape index (κ2) is 14.7. The first-order chi connectivity index (χ1) is 23.4. The van der Waals surface area contributed by atoms with Gasteiger partial charge in [-0.25, -0.2) is 0 Å². The number of carbonyl (C=O) groups is 3. The van der Waals surface area contributed by atoms with Gasteiger partial charge in [-0.1, -0.05) is 45.9 Å². The van der Waals surface area contributed by atoms with E-state index in [1.54, 1.807) is 39.8 Å². The molecule has 0 radical (unpaired) electrons. The zero-order valence-corrected chi connectivity index (χ0v) is 29.7. The van der Waals surface area contributed by atoms with E-state index in [1.165, 1.54) is 53.2 Å². The predicted molar refractivity (Wildman–Crippen MR) is 184 cm³/mol. The Bertz CT molecular complexity index is 1760. The first-order valence-electron chi connectivity index (χ1n) is 16.4. The van der Waals surface area contributed by atoms with E-state index in [0.29, 0.717) is 0 Å². The highest BCUT2D eigenvalue weighted by molar-refractivity contribution is 6.21. The molecule has 0 aliphatic carbocycles. The van der Waals surface area contributed by atoms with Crippen LogP contribution in [0.15, 0.2) is 42.2 Å². The van der Waals surface area contributed by atoms with Gasteiger partial charge in [0, 0.05) is 67.2 Å². The number of fused-ring (bicyclic) bond motifs is 14. The fourth-order valence-corrected chi connectivity index (χ4v) is 6.65. The Balaban J connectivity index is 1.87. The molecular weight excluding hydrogens is 650 g/mol. The molecule has 3 aliphatic heterocycles. The molecule has 1 amide bonds. The number of benzene rings is 2. The van der Waals surface area contributed by atoms with Crippen LogP contribution in [0.25, 0.3) is 10.8 Å². The molecule has 3 aliphatic rings. The fraction of sp³-hybridized carbons (Fsp3) is 0.486. The van der Waals surface area contributed by atoms with Crippen molar-refractivity contribution in [3.05, 3.63) is 53.3 Å². The van der Waals surface area contributed by atoms with Crippen molar-refractivity contribution >= 4 is 34.1 Å². The van der Waals surface area contributed by atoms with E-state index in [2.05, 4.69) is 5.32 Å². The van der Waals surface area contributed by atoms with Gasteiger partial charge in [0.25, 0.3) is 11.7 Å². The smallest absolute Gasteiger partial charge is 0.312 e. The molecule has 0 spiro atoms. The first-order valence-corrected chi connectivity index (χ1v) is 16.4. The maximum Gasteiger partial charge on any atom is 0.312 e. The topological polar surface area (TPSA) is 201 Å². The number of nitrogens with one attached hydrogen (secondary N) is 1. The molecule has 6 N–H and O–H groups in total. The number of ketones is 1. The third-order valence-corrected chi connectivity index (χ3v) is 9.84. The van der Waals surface area contributed by atoms with Gasteiger partial charge in [0.1, 0.15) is 23.4 Å². The van der Waals surface area contributed by atoms with Crippen LogP contribution in [0.1, 0.15) is 64.4 Å². The molecule has 0 saturated heterocycles. The van der Waals surface area contributed by atoms with Gasteiger partial charge in [-0.05, 0) is 19.9 Å². The highest BCUT2D eigenvalue weighted by Gasteiger charge is 2.49. The number of phenols is 3. The second-order valence-electron chi connectivity index (χ2n) is 13.4. The summed E-state index contributed by atoms with van der Waals surface area (Å²) in [4.78, 5) is 39.2. The summed E-state index contributed by atoms with van der Waals surface area (Å²) < 4.78 is 23.2. The van der Waals surface area contributed by atoms with Crippen molar-refractivity contribution in [1.82, 2.24) is 0 Å². The molecule has 13 nitrogen and oxygen atoms in total. The van der Waals surface area contributed by atoms with Gasteiger partial charge in [-0.2, -0.15) is 0 Å². The van der Waals surface area contributed by atoms with Gasteiger partial charge in [-0.3, -0.25) is 14.4 Å². The minimum absolute atomic E-state index is 0.0709. The molecule has 13 heteroatoms. The number of allylic oxidation sites excluding steroid dienone is 2. The number of methoxy groups -OCH3 is 1. The second-order valence-corrected chi connectivity index (χ2v) is 13.4. The van der Waals surface area contributed by atoms with Crippen LogP contribution >= 0.6 is 0 Å². The van der Waals surface area contributed by atoms with E-state index in [0.717, 1.165) is 6.07 Å². The van der Waals surface area contributed by atoms with Crippen molar-refractivity contribution in [2.24, 2.45) is 23.7 Å². The average molecular weight is 698 g/mol. The van der Waals surface area contributed by atoms with E-state index >= 15 is 0 Å². The number of rotatable bonds is 2. The van der Waals surface area contributed by atoms with Gasteiger partial charge < -0.3 is 49.8 Å². The Morgan fingerprint density at radius 1 is 0.940 bits per heavy atom. The van der Waals surface area contributed by atoms with Crippen molar-refractivity contribution in [2.45, 2.75) is 85.6 Å². The van der Waals surface area contributed by atoms with Crippen molar-refractivity contribution in [2.75, 3.05) is 12.4 Å². The lowest BCUT2D eigenvalue weighted by Crippen LogP contribution is -2.46. The van der Waals surface area contributed by atoms with E-state index in [9.17, 15) is 39.9 Å². The number of hydrogen-bond acceptors (Lipinski definition) is 12. The number of amides is 1. The lowest BCUT2D eigenvalue weighted by Gasteiger charge is -2.38. The molecule has 5 bridgehead atoms. The van der Waals surface area contributed by atoms with Crippen LogP contribution in [-0.4, -0.2) is 80.5 Å². The largest absolute Gasteiger partial charge is 0.507 e. The number of Topliss-reactive ketones (excluding diaryl/α,β-unsaturated/α-hetero) is 1. The van der Waals surface area contributed by atoms with Crippen LogP contribution in [0, 0.1) is 30.6 Å². The van der Waals surface area contributed by atoms with Crippen molar-refractivity contribution in [1.29, 1.82) is 0 Å². The summed E-state index contributed by atoms with van der Waals surface area (Å²) in [7, 11) is 1.43. The number of hydrogen-bond donors (Lipinski definition) is 6. The number of phenolic OH excluding ortho intramolecular Hbond substituents is 3. The Morgan fingerprint density at radius 2 is 1.60 bits per heavy atom. The molecule has 0 unspecified atom stereocenters. The van der Waals surface area contributed by atoms with Gasteiger partial charge >= 0.3 is 11.8 Å². The van der Waals surface area contributed by atoms with E-state index in [-0.39, 0.29) is 38.9 Å². The number of anilines is 1. The van der Waals surface area contributed by atoms with Gasteiger partial charge in [-0.15, -0.1) is 0 Å². The number of ether oxygens (including phenoxy) is 4. The summed E-state index contributed by atoms with van der Waals surface area (Å²) in [5, 5.41) is 58.2. The summed E-state index contributed by atoms with van der Waals surface area (Å²) >= 11 is 0. The van der Waals surface area contributed by atoms with Crippen LogP contribution in [0.2, 0.25) is 0 Å². The zero-order chi connectivity index (χ0) is 37.4. The van der Waals surface area contributed by atoms with E-state index in [1.807, 2.05) is 0 Å². The number of aromatic hydroxyl groups is 3. The minimum Gasteiger partial charge on any atom is -0.507 e. The van der Waals surface area contributed by atoms with Crippen molar-refractivity contribution in [3.63, 3.8) is 0 Å². The van der Waals surface area contributed by atoms with Crippen molar-refractivity contribution in [3.8, 4) is 23.0 Å². The molecule has 3 heterocycles.